The highest BCUT2D eigenvalue weighted by molar-refractivity contribution is 6.00. The smallest absolute Gasteiger partial charge is 0.267 e. The number of rotatable bonds is 6. The SMILES string of the molecule is CC1Oc2ccccc2N(CCC(=O)NC(CN)C2CC2)C1=O. The maximum Gasteiger partial charge on any atom is 0.267 e. The summed E-state index contributed by atoms with van der Waals surface area (Å²) in [5.41, 5.74) is 6.43. The van der Waals surface area contributed by atoms with Gasteiger partial charge < -0.3 is 20.7 Å². The van der Waals surface area contributed by atoms with Crippen LogP contribution in [0.25, 0.3) is 0 Å². The van der Waals surface area contributed by atoms with Crippen LogP contribution < -0.4 is 20.7 Å². The lowest BCUT2D eigenvalue weighted by atomic mass is 10.1. The van der Waals surface area contributed by atoms with Crippen LogP contribution in [0.15, 0.2) is 24.3 Å². The molecule has 3 rings (SSSR count). The van der Waals surface area contributed by atoms with Gasteiger partial charge in [-0.05, 0) is 37.8 Å². The minimum Gasteiger partial charge on any atom is -0.479 e. The number of para-hydroxylation sites is 2. The van der Waals surface area contributed by atoms with Gasteiger partial charge in [-0.1, -0.05) is 12.1 Å². The van der Waals surface area contributed by atoms with Gasteiger partial charge in [0.2, 0.25) is 5.91 Å². The topological polar surface area (TPSA) is 84.7 Å². The molecule has 0 spiro atoms. The molecule has 1 aliphatic carbocycles. The molecule has 0 radical (unpaired) electrons. The van der Waals surface area contributed by atoms with Gasteiger partial charge in [-0.2, -0.15) is 0 Å². The van der Waals surface area contributed by atoms with E-state index in [2.05, 4.69) is 5.32 Å². The van der Waals surface area contributed by atoms with Gasteiger partial charge in [-0.3, -0.25) is 9.59 Å². The third-order valence-electron chi connectivity index (χ3n) is 4.43. The Kier molecular flexibility index (Phi) is 4.52. The summed E-state index contributed by atoms with van der Waals surface area (Å²) in [6, 6.07) is 7.46. The van der Waals surface area contributed by atoms with Crippen LogP contribution in [0.5, 0.6) is 5.75 Å². The molecular formula is C17H23N3O3. The first-order valence-corrected chi connectivity index (χ1v) is 8.16. The molecule has 1 heterocycles. The first kappa shape index (κ1) is 15.8. The Balaban J connectivity index is 1.62. The van der Waals surface area contributed by atoms with E-state index in [1.807, 2.05) is 24.3 Å². The van der Waals surface area contributed by atoms with Crippen molar-refractivity contribution in [3.05, 3.63) is 24.3 Å². The number of benzene rings is 1. The minimum absolute atomic E-state index is 0.0585. The molecular weight excluding hydrogens is 294 g/mol. The van der Waals surface area contributed by atoms with Crippen molar-refractivity contribution >= 4 is 17.5 Å². The van der Waals surface area contributed by atoms with Crippen molar-refractivity contribution in [2.24, 2.45) is 11.7 Å². The molecule has 124 valence electrons. The minimum atomic E-state index is -0.531. The van der Waals surface area contributed by atoms with Crippen molar-refractivity contribution in [1.29, 1.82) is 0 Å². The summed E-state index contributed by atoms with van der Waals surface area (Å²) in [5.74, 6) is 1.03. The molecule has 1 aliphatic heterocycles. The maximum absolute atomic E-state index is 12.3. The van der Waals surface area contributed by atoms with E-state index in [4.69, 9.17) is 10.5 Å². The Morgan fingerprint density at radius 3 is 2.87 bits per heavy atom. The third-order valence-corrected chi connectivity index (χ3v) is 4.43. The van der Waals surface area contributed by atoms with Crippen LogP contribution in [-0.2, 0) is 9.59 Å². The average Bonchev–Trinajstić information content (AvgIpc) is 3.38. The quantitative estimate of drug-likeness (QED) is 0.821. The zero-order valence-corrected chi connectivity index (χ0v) is 13.3. The summed E-state index contributed by atoms with van der Waals surface area (Å²) in [7, 11) is 0. The highest BCUT2D eigenvalue weighted by Gasteiger charge is 2.33. The van der Waals surface area contributed by atoms with E-state index < -0.39 is 6.10 Å². The zero-order valence-electron chi connectivity index (χ0n) is 13.3. The number of hydrogen-bond donors (Lipinski definition) is 2. The van der Waals surface area contributed by atoms with Crippen molar-refractivity contribution in [3.8, 4) is 5.75 Å². The lowest BCUT2D eigenvalue weighted by molar-refractivity contribution is -0.125. The monoisotopic (exact) mass is 317 g/mol. The average molecular weight is 317 g/mol. The van der Waals surface area contributed by atoms with Gasteiger partial charge in [-0.15, -0.1) is 0 Å². The van der Waals surface area contributed by atoms with E-state index in [0.717, 1.165) is 18.5 Å². The molecule has 1 saturated carbocycles. The largest absolute Gasteiger partial charge is 0.479 e. The van der Waals surface area contributed by atoms with E-state index in [0.29, 0.717) is 24.8 Å². The number of hydrogen-bond acceptors (Lipinski definition) is 4. The second-order valence-electron chi connectivity index (χ2n) is 6.21. The molecule has 2 unspecified atom stereocenters. The van der Waals surface area contributed by atoms with Gasteiger partial charge in [0.1, 0.15) is 5.75 Å². The zero-order chi connectivity index (χ0) is 16.4. The number of carbonyl (C=O) groups is 2. The van der Waals surface area contributed by atoms with Crippen LogP contribution in [0.1, 0.15) is 26.2 Å². The summed E-state index contributed by atoms with van der Waals surface area (Å²) < 4.78 is 5.59. The molecule has 0 saturated heterocycles. The number of fused-ring (bicyclic) bond motifs is 1. The standard InChI is InChI=1S/C17H23N3O3/c1-11-17(22)20(14-4-2-3-5-15(14)23-11)9-8-16(21)19-13(10-18)12-6-7-12/h2-5,11-13H,6-10,18H2,1H3,(H,19,21). The number of carbonyl (C=O) groups excluding carboxylic acids is 2. The molecule has 0 bridgehead atoms. The van der Waals surface area contributed by atoms with Crippen LogP contribution in [0.3, 0.4) is 0 Å². The number of ether oxygens (including phenoxy) is 1. The fourth-order valence-corrected chi connectivity index (χ4v) is 2.95. The Morgan fingerprint density at radius 1 is 1.43 bits per heavy atom. The van der Waals surface area contributed by atoms with Gasteiger partial charge in [0.15, 0.2) is 6.10 Å². The van der Waals surface area contributed by atoms with E-state index in [-0.39, 0.29) is 24.3 Å². The maximum atomic E-state index is 12.3. The van der Waals surface area contributed by atoms with Crippen molar-refractivity contribution in [1.82, 2.24) is 5.32 Å². The Hall–Kier alpha value is -2.08. The Morgan fingerprint density at radius 2 is 2.17 bits per heavy atom. The molecule has 0 aromatic heterocycles. The summed E-state index contributed by atoms with van der Waals surface area (Å²) in [6.07, 6.45) is 2.00. The van der Waals surface area contributed by atoms with E-state index in [9.17, 15) is 9.59 Å². The number of nitrogens with one attached hydrogen (secondary N) is 1. The molecule has 1 aromatic rings. The van der Waals surface area contributed by atoms with E-state index in [1.54, 1.807) is 11.8 Å². The lowest BCUT2D eigenvalue weighted by Gasteiger charge is -2.33. The predicted octanol–water partition coefficient (Wildman–Crippen LogP) is 1.04. The van der Waals surface area contributed by atoms with Gasteiger partial charge in [0.25, 0.3) is 5.91 Å². The fraction of sp³-hybridized carbons (Fsp3) is 0.529. The van der Waals surface area contributed by atoms with E-state index in [1.165, 1.54) is 0 Å². The molecule has 2 aliphatic rings. The molecule has 2 atom stereocenters. The summed E-state index contributed by atoms with van der Waals surface area (Å²) in [6.45, 7) is 2.53. The van der Waals surface area contributed by atoms with Crippen LogP contribution in [0.2, 0.25) is 0 Å². The molecule has 6 heteroatoms. The fourth-order valence-electron chi connectivity index (χ4n) is 2.95. The second-order valence-corrected chi connectivity index (χ2v) is 6.21. The van der Waals surface area contributed by atoms with Crippen molar-refractivity contribution in [3.63, 3.8) is 0 Å². The first-order chi connectivity index (χ1) is 11.1. The van der Waals surface area contributed by atoms with Crippen molar-refractivity contribution in [2.75, 3.05) is 18.0 Å². The van der Waals surface area contributed by atoms with Crippen molar-refractivity contribution in [2.45, 2.75) is 38.3 Å². The number of nitrogens with zero attached hydrogens (tertiary/aromatic N) is 1. The third kappa shape index (κ3) is 3.47. The second kappa shape index (κ2) is 6.58. The number of nitrogens with two attached hydrogens (primary N) is 1. The van der Waals surface area contributed by atoms with E-state index >= 15 is 0 Å². The molecule has 1 fully saturated rings. The van der Waals surface area contributed by atoms with Crippen molar-refractivity contribution < 1.29 is 14.3 Å². The molecule has 23 heavy (non-hydrogen) atoms. The van der Waals surface area contributed by atoms with Gasteiger partial charge >= 0.3 is 0 Å². The highest BCUT2D eigenvalue weighted by Crippen LogP contribution is 2.34. The summed E-state index contributed by atoms with van der Waals surface area (Å²) in [5, 5.41) is 2.99. The van der Waals surface area contributed by atoms with Crippen LogP contribution in [0.4, 0.5) is 5.69 Å². The van der Waals surface area contributed by atoms with Crippen LogP contribution in [-0.4, -0.2) is 37.0 Å². The Labute approximate surface area is 136 Å². The normalized spacial score (nSPS) is 21.4. The van der Waals surface area contributed by atoms with Gasteiger partial charge in [0, 0.05) is 25.6 Å². The summed E-state index contributed by atoms with van der Waals surface area (Å²) in [4.78, 5) is 26.1. The van der Waals surface area contributed by atoms with Crippen LogP contribution in [0, 0.1) is 5.92 Å². The highest BCUT2D eigenvalue weighted by atomic mass is 16.5. The first-order valence-electron chi connectivity index (χ1n) is 8.16. The molecule has 3 N–H and O–H groups in total. The number of anilines is 1. The number of amides is 2. The van der Waals surface area contributed by atoms with Crippen LogP contribution >= 0.6 is 0 Å². The molecule has 1 aromatic carbocycles. The predicted molar refractivity (Wildman–Crippen MR) is 87.2 cm³/mol. The lowest BCUT2D eigenvalue weighted by Crippen LogP contribution is -2.47. The molecule has 2 amide bonds. The van der Waals surface area contributed by atoms with Gasteiger partial charge in [0.05, 0.1) is 5.69 Å². The summed E-state index contributed by atoms with van der Waals surface area (Å²) >= 11 is 0. The Bertz CT molecular complexity index is 601. The van der Waals surface area contributed by atoms with Gasteiger partial charge in [-0.25, -0.2) is 0 Å². The molecule has 6 nitrogen and oxygen atoms in total.